The van der Waals surface area contributed by atoms with E-state index in [1.165, 1.54) is 36.4 Å². The van der Waals surface area contributed by atoms with Crippen molar-refractivity contribution in [1.29, 1.82) is 0 Å². The number of nitrogens with two attached hydrogens (primary N) is 1. The van der Waals surface area contributed by atoms with Gasteiger partial charge in [0.2, 0.25) is 5.91 Å². The van der Waals surface area contributed by atoms with E-state index in [1.54, 1.807) is 18.2 Å². The molecular weight excluding hydrogens is 588 g/mol. The third kappa shape index (κ3) is 4.58. The first-order valence-corrected chi connectivity index (χ1v) is 15.8. The zero-order valence-electron chi connectivity index (χ0n) is 26.3. The van der Waals surface area contributed by atoms with Gasteiger partial charge in [-0.25, -0.2) is 0 Å². The van der Waals surface area contributed by atoms with Crippen LogP contribution in [-0.4, -0.2) is 20.7 Å². The first kappa shape index (κ1) is 31.3. The van der Waals surface area contributed by atoms with Crippen LogP contribution < -0.4 is 5.73 Å². The standard InChI is InChI=1S/C35H38N4O7/c1-32(13-4-14-32)22-7-10-25(28(19-22)37(41)42)35(31(36)40,26-11-8-23(20-29(26)38(43)44)33(2)15-5-16-33)27-12-9-24(21-30(27)39(45)46)34(3)17-6-18-34/h7-12,19-21H,4-6,13-18H2,1-3H3,(H2,36,40). The predicted octanol–water partition coefficient (Wildman–Crippen LogP) is 7.56. The Bertz CT molecular complexity index is 1610. The Kier molecular flexibility index (Phi) is 7.29. The van der Waals surface area contributed by atoms with Crippen molar-refractivity contribution in [2.24, 2.45) is 5.73 Å². The van der Waals surface area contributed by atoms with Gasteiger partial charge in [-0.2, -0.15) is 0 Å². The maximum absolute atomic E-state index is 14.1. The molecule has 0 spiro atoms. The van der Waals surface area contributed by atoms with Crippen LogP contribution in [0.1, 0.15) is 112 Å². The minimum Gasteiger partial charge on any atom is -0.368 e. The normalized spacial score (nSPS) is 19.2. The van der Waals surface area contributed by atoms with Crippen LogP contribution in [0, 0.1) is 30.3 Å². The lowest BCUT2D eigenvalue weighted by Crippen LogP contribution is -2.45. The molecule has 6 rings (SSSR count). The quantitative estimate of drug-likeness (QED) is 0.137. The van der Waals surface area contributed by atoms with E-state index < -0.39 is 43.2 Å². The summed E-state index contributed by atoms with van der Waals surface area (Å²) in [4.78, 5) is 50.7. The molecule has 11 nitrogen and oxygen atoms in total. The van der Waals surface area contributed by atoms with E-state index in [0.717, 1.165) is 57.8 Å². The monoisotopic (exact) mass is 626 g/mol. The molecule has 3 saturated carbocycles. The van der Waals surface area contributed by atoms with Crippen molar-refractivity contribution in [2.75, 3.05) is 0 Å². The summed E-state index contributed by atoms with van der Waals surface area (Å²) in [7, 11) is 0. The van der Waals surface area contributed by atoms with Gasteiger partial charge in [-0.15, -0.1) is 0 Å². The highest BCUT2D eigenvalue weighted by Crippen LogP contribution is 2.54. The number of hydrogen-bond donors (Lipinski definition) is 1. The first-order chi connectivity index (χ1) is 21.7. The molecule has 0 aromatic heterocycles. The van der Waals surface area contributed by atoms with Crippen molar-refractivity contribution in [3.8, 4) is 0 Å². The second-order valence-electron chi connectivity index (χ2n) is 14.3. The Morgan fingerprint density at radius 3 is 1.02 bits per heavy atom. The minimum atomic E-state index is -2.44. The van der Waals surface area contributed by atoms with Gasteiger partial charge in [0.1, 0.15) is 5.41 Å². The van der Waals surface area contributed by atoms with Crippen LogP contribution in [0.4, 0.5) is 17.1 Å². The van der Waals surface area contributed by atoms with Gasteiger partial charge < -0.3 is 5.73 Å². The summed E-state index contributed by atoms with van der Waals surface area (Å²) in [6.45, 7) is 6.02. The van der Waals surface area contributed by atoms with Gasteiger partial charge in [-0.1, -0.05) is 76.4 Å². The Labute approximate surface area is 266 Å². The lowest BCUT2D eigenvalue weighted by Gasteiger charge is -2.40. The van der Waals surface area contributed by atoms with Crippen molar-refractivity contribution in [3.63, 3.8) is 0 Å². The highest BCUT2D eigenvalue weighted by atomic mass is 16.6. The van der Waals surface area contributed by atoms with Gasteiger partial charge >= 0.3 is 0 Å². The van der Waals surface area contributed by atoms with Gasteiger partial charge in [0.15, 0.2) is 0 Å². The number of amides is 1. The molecule has 0 bridgehead atoms. The van der Waals surface area contributed by atoms with Crippen LogP contribution in [0.2, 0.25) is 0 Å². The third-order valence-corrected chi connectivity index (χ3v) is 11.6. The first-order valence-electron chi connectivity index (χ1n) is 15.8. The van der Waals surface area contributed by atoms with Crippen LogP contribution in [-0.2, 0) is 26.5 Å². The van der Waals surface area contributed by atoms with Crippen molar-refractivity contribution in [3.05, 3.63) is 118 Å². The van der Waals surface area contributed by atoms with Crippen LogP contribution >= 0.6 is 0 Å². The fourth-order valence-corrected chi connectivity index (χ4v) is 7.95. The topological polar surface area (TPSA) is 173 Å². The summed E-state index contributed by atoms with van der Waals surface area (Å²) in [6.07, 6.45) is 7.82. The largest absolute Gasteiger partial charge is 0.368 e. The fraction of sp³-hybridized carbons (Fsp3) is 0.457. The maximum Gasteiger partial charge on any atom is 0.274 e. The number of rotatable bonds is 10. The minimum absolute atomic E-state index is 0.243. The Morgan fingerprint density at radius 1 is 0.587 bits per heavy atom. The zero-order valence-corrected chi connectivity index (χ0v) is 26.3. The molecule has 3 aliphatic carbocycles. The third-order valence-electron chi connectivity index (χ3n) is 11.6. The molecule has 0 unspecified atom stereocenters. The van der Waals surface area contributed by atoms with E-state index in [4.69, 9.17) is 5.73 Å². The molecule has 0 heterocycles. The molecule has 240 valence electrons. The molecule has 3 aliphatic rings. The summed E-state index contributed by atoms with van der Waals surface area (Å²) in [6, 6.07) is 13.5. The maximum atomic E-state index is 14.1. The Hall–Kier alpha value is -4.67. The van der Waals surface area contributed by atoms with Crippen LogP contribution in [0.25, 0.3) is 0 Å². The van der Waals surface area contributed by atoms with E-state index in [2.05, 4.69) is 0 Å². The molecule has 0 saturated heterocycles. The van der Waals surface area contributed by atoms with Crippen LogP contribution in [0.5, 0.6) is 0 Å². The molecule has 2 N–H and O–H groups in total. The summed E-state index contributed by atoms with van der Waals surface area (Å²) in [5.74, 6) is -1.19. The number of carbonyl (C=O) groups excluding carboxylic acids is 1. The predicted molar refractivity (Wildman–Crippen MR) is 172 cm³/mol. The number of hydrogen-bond acceptors (Lipinski definition) is 7. The second kappa shape index (κ2) is 10.7. The molecule has 3 aromatic rings. The molecular formula is C35H38N4O7. The summed E-state index contributed by atoms with van der Waals surface area (Å²) < 4.78 is 0. The van der Waals surface area contributed by atoms with Crippen molar-refractivity contribution >= 4 is 23.0 Å². The van der Waals surface area contributed by atoms with Gasteiger partial charge in [-0.05, 0) is 71.5 Å². The molecule has 3 fully saturated rings. The van der Waals surface area contributed by atoms with E-state index in [-0.39, 0.29) is 32.9 Å². The number of nitro benzene ring substituents is 3. The number of benzene rings is 3. The average molecular weight is 627 g/mol. The van der Waals surface area contributed by atoms with E-state index in [0.29, 0.717) is 16.7 Å². The molecule has 11 heteroatoms. The van der Waals surface area contributed by atoms with Crippen molar-refractivity contribution in [2.45, 2.75) is 100 Å². The fourth-order valence-electron chi connectivity index (χ4n) is 7.95. The second-order valence-corrected chi connectivity index (χ2v) is 14.3. The summed E-state index contributed by atoms with van der Waals surface area (Å²) in [5, 5.41) is 38.5. The van der Waals surface area contributed by atoms with E-state index in [9.17, 15) is 35.1 Å². The molecule has 46 heavy (non-hydrogen) atoms. The zero-order chi connectivity index (χ0) is 33.2. The Balaban J connectivity index is 1.72. The number of carbonyl (C=O) groups is 1. The number of nitro groups is 3. The molecule has 3 aromatic carbocycles. The molecule has 0 atom stereocenters. The lowest BCUT2D eigenvalue weighted by molar-refractivity contribution is -0.388. The summed E-state index contributed by atoms with van der Waals surface area (Å²) in [5.41, 5.74) is 2.81. The van der Waals surface area contributed by atoms with Gasteiger partial charge in [-0.3, -0.25) is 35.1 Å². The highest BCUT2D eigenvalue weighted by Gasteiger charge is 2.54. The van der Waals surface area contributed by atoms with Gasteiger partial charge in [0.05, 0.1) is 31.5 Å². The summed E-state index contributed by atoms with van der Waals surface area (Å²) >= 11 is 0. The Morgan fingerprint density at radius 2 is 0.848 bits per heavy atom. The van der Waals surface area contributed by atoms with Crippen LogP contribution in [0.3, 0.4) is 0 Å². The van der Waals surface area contributed by atoms with Crippen LogP contribution in [0.15, 0.2) is 54.6 Å². The van der Waals surface area contributed by atoms with Crippen molar-refractivity contribution in [1.82, 2.24) is 0 Å². The van der Waals surface area contributed by atoms with E-state index in [1.807, 2.05) is 20.8 Å². The molecule has 0 radical (unpaired) electrons. The van der Waals surface area contributed by atoms with Crippen molar-refractivity contribution < 1.29 is 19.6 Å². The molecule has 1 amide bonds. The number of primary amides is 1. The smallest absolute Gasteiger partial charge is 0.274 e. The van der Waals surface area contributed by atoms with Gasteiger partial charge in [0, 0.05) is 18.2 Å². The lowest BCUT2D eigenvalue weighted by atomic mass is 9.62. The average Bonchev–Trinajstić information content (AvgIpc) is 2.97. The highest BCUT2D eigenvalue weighted by molar-refractivity contribution is 5.98. The van der Waals surface area contributed by atoms with Gasteiger partial charge in [0.25, 0.3) is 17.1 Å². The SMILES string of the molecule is CC1(c2ccc(C(C(N)=O)(c3ccc(C4(C)CCC4)cc3[N+](=O)[O-])c3ccc(C4(C)CCC4)cc3[N+](=O)[O-])c([N+](=O)[O-])c2)CCC1. The number of nitrogens with zero attached hydrogens (tertiary/aromatic N) is 3. The molecule has 0 aliphatic heterocycles. The van der Waals surface area contributed by atoms with E-state index >= 15 is 0 Å².